The first-order chi connectivity index (χ1) is 10.5. The molecule has 0 unspecified atom stereocenters. The number of hydrogen-bond donors (Lipinski definition) is 0. The number of amides is 3. The third kappa shape index (κ3) is 5.54. The summed E-state index contributed by atoms with van der Waals surface area (Å²) in [5.74, 6) is 0.0349. The van der Waals surface area contributed by atoms with Crippen LogP contribution in [-0.2, 0) is 14.3 Å². The van der Waals surface area contributed by atoms with E-state index in [2.05, 4.69) is 0 Å². The monoisotopic (exact) mass is 313 g/mol. The fourth-order valence-corrected chi connectivity index (χ4v) is 2.44. The molecule has 0 aliphatic carbocycles. The summed E-state index contributed by atoms with van der Waals surface area (Å²) < 4.78 is 4.95. The molecule has 22 heavy (non-hydrogen) atoms. The van der Waals surface area contributed by atoms with Gasteiger partial charge in [-0.3, -0.25) is 9.59 Å². The van der Waals surface area contributed by atoms with Crippen molar-refractivity contribution < 1.29 is 19.1 Å². The van der Waals surface area contributed by atoms with Crippen LogP contribution >= 0.6 is 0 Å². The molecule has 1 aliphatic heterocycles. The normalized spacial score (nSPS) is 14.7. The molecule has 0 bridgehead atoms. The van der Waals surface area contributed by atoms with E-state index in [1.807, 2.05) is 6.92 Å². The zero-order chi connectivity index (χ0) is 16.5. The van der Waals surface area contributed by atoms with Gasteiger partial charge in [0.15, 0.2) is 0 Å². The molecule has 0 saturated carbocycles. The molecule has 7 heteroatoms. The van der Waals surface area contributed by atoms with Gasteiger partial charge in [0, 0.05) is 52.6 Å². The van der Waals surface area contributed by atoms with E-state index in [0.717, 1.165) is 6.42 Å². The Bertz CT molecular complexity index is 392. The topological polar surface area (TPSA) is 70.2 Å². The predicted molar refractivity (Wildman–Crippen MR) is 82.3 cm³/mol. The molecule has 7 nitrogen and oxygen atoms in total. The fourth-order valence-electron chi connectivity index (χ4n) is 2.44. The van der Waals surface area contributed by atoms with Crippen molar-refractivity contribution in [2.75, 3.05) is 45.9 Å². The van der Waals surface area contributed by atoms with Crippen LogP contribution in [0.1, 0.15) is 33.6 Å². The van der Waals surface area contributed by atoms with Crippen molar-refractivity contribution in [2.24, 2.45) is 0 Å². The van der Waals surface area contributed by atoms with Gasteiger partial charge >= 0.3 is 6.09 Å². The van der Waals surface area contributed by atoms with Crippen LogP contribution in [0.5, 0.6) is 0 Å². The van der Waals surface area contributed by atoms with Gasteiger partial charge in [0.1, 0.15) is 0 Å². The van der Waals surface area contributed by atoms with Crippen LogP contribution in [0.2, 0.25) is 0 Å². The number of piperazine rings is 1. The minimum absolute atomic E-state index is 0.00165. The number of hydrogen-bond acceptors (Lipinski definition) is 4. The summed E-state index contributed by atoms with van der Waals surface area (Å²) >= 11 is 0. The molecule has 0 aromatic heterocycles. The molecule has 1 fully saturated rings. The lowest BCUT2D eigenvalue weighted by Gasteiger charge is -2.34. The first kappa shape index (κ1) is 18.3. The van der Waals surface area contributed by atoms with Crippen molar-refractivity contribution in [2.45, 2.75) is 33.6 Å². The Morgan fingerprint density at radius 3 is 2.09 bits per heavy atom. The Morgan fingerprint density at radius 1 is 1.00 bits per heavy atom. The quantitative estimate of drug-likeness (QED) is 0.731. The number of ether oxygens (including phenoxy) is 1. The minimum atomic E-state index is -0.319. The average Bonchev–Trinajstić information content (AvgIpc) is 2.51. The molecular formula is C15H27N3O4. The minimum Gasteiger partial charge on any atom is -0.450 e. The molecule has 0 radical (unpaired) electrons. The highest BCUT2D eigenvalue weighted by Gasteiger charge is 2.25. The molecule has 3 amide bonds. The van der Waals surface area contributed by atoms with Crippen LogP contribution in [0.25, 0.3) is 0 Å². The van der Waals surface area contributed by atoms with E-state index in [9.17, 15) is 14.4 Å². The van der Waals surface area contributed by atoms with E-state index >= 15 is 0 Å². The van der Waals surface area contributed by atoms with Crippen molar-refractivity contribution in [3.05, 3.63) is 0 Å². The highest BCUT2D eigenvalue weighted by atomic mass is 16.6. The maximum absolute atomic E-state index is 12.2. The zero-order valence-electron chi connectivity index (χ0n) is 13.8. The maximum atomic E-state index is 12.2. The Kier molecular flexibility index (Phi) is 7.70. The van der Waals surface area contributed by atoms with Gasteiger partial charge in [0.2, 0.25) is 11.8 Å². The fraction of sp³-hybridized carbons (Fsp3) is 0.800. The van der Waals surface area contributed by atoms with Gasteiger partial charge < -0.3 is 19.4 Å². The summed E-state index contributed by atoms with van der Waals surface area (Å²) in [4.78, 5) is 40.3. The lowest BCUT2D eigenvalue weighted by Crippen LogP contribution is -2.51. The van der Waals surface area contributed by atoms with Crippen LogP contribution in [0.4, 0.5) is 4.79 Å². The number of rotatable bonds is 6. The number of carbonyl (C=O) groups is 3. The molecule has 0 aromatic carbocycles. The molecule has 1 aliphatic rings. The molecule has 1 heterocycles. The zero-order valence-corrected chi connectivity index (χ0v) is 13.8. The largest absolute Gasteiger partial charge is 0.450 e. The Hall–Kier alpha value is -1.79. The van der Waals surface area contributed by atoms with E-state index in [4.69, 9.17) is 4.74 Å². The smallest absolute Gasteiger partial charge is 0.409 e. The first-order valence-electron chi connectivity index (χ1n) is 7.94. The van der Waals surface area contributed by atoms with Gasteiger partial charge in [-0.2, -0.15) is 0 Å². The van der Waals surface area contributed by atoms with E-state index in [-0.39, 0.29) is 17.9 Å². The molecule has 1 rings (SSSR count). The molecular weight excluding hydrogens is 286 g/mol. The lowest BCUT2D eigenvalue weighted by atomic mass is 10.2. The van der Waals surface area contributed by atoms with E-state index in [0.29, 0.717) is 52.3 Å². The van der Waals surface area contributed by atoms with Gasteiger partial charge in [-0.25, -0.2) is 4.79 Å². The first-order valence-corrected chi connectivity index (χ1v) is 7.94. The third-order valence-electron chi connectivity index (χ3n) is 3.69. The van der Waals surface area contributed by atoms with Gasteiger partial charge in [0.05, 0.1) is 6.61 Å². The van der Waals surface area contributed by atoms with Crippen LogP contribution in [0.15, 0.2) is 0 Å². The van der Waals surface area contributed by atoms with Crippen molar-refractivity contribution in [1.82, 2.24) is 14.7 Å². The van der Waals surface area contributed by atoms with Gasteiger partial charge in [-0.05, 0) is 13.3 Å². The van der Waals surface area contributed by atoms with Crippen LogP contribution < -0.4 is 0 Å². The molecule has 0 atom stereocenters. The average molecular weight is 313 g/mol. The van der Waals surface area contributed by atoms with Crippen molar-refractivity contribution in [1.29, 1.82) is 0 Å². The van der Waals surface area contributed by atoms with Crippen LogP contribution in [0, 0.1) is 0 Å². The van der Waals surface area contributed by atoms with E-state index in [1.165, 1.54) is 6.92 Å². The lowest BCUT2D eigenvalue weighted by molar-refractivity contribution is -0.134. The van der Waals surface area contributed by atoms with Crippen LogP contribution in [0.3, 0.4) is 0 Å². The summed E-state index contributed by atoms with van der Waals surface area (Å²) in [6.07, 6.45) is 0.894. The molecule has 0 N–H and O–H groups in total. The highest BCUT2D eigenvalue weighted by Crippen LogP contribution is 2.06. The van der Waals surface area contributed by atoms with Gasteiger partial charge in [-0.1, -0.05) is 6.92 Å². The second kappa shape index (κ2) is 9.27. The van der Waals surface area contributed by atoms with E-state index < -0.39 is 0 Å². The summed E-state index contributed by atoms with van der Waals surface area (Å²) in [5, 5.41) is 0. The third-order valence-corrected chi connectivity index (χ3v) is 3.69. The van der Waals surface area contributed by atoms with E-state index in [1.54, 1.807) is 21.6 Å². The van der Waals surface area contributed by atoms with Crippen LogP contribution in [-0.4, -0.2) is 78.5 Å². The second-order valence-corrected chi connectivity index (χ2v) is 5.32. The Morgan fingerprint density at radius 2 is 1.59 bits per heavy atom. The molecule has 0 aromatic rings. The Labute approximate surface area is 132 Å². The van der Waals surface area contributed by atoms with Crippen molar-refractivity contribution in [3.63, 3.8) is 0 Å². The van der Waals surface area contributed by atoms with Gasteiger partial charge in [-0.15, -0.1) is 0 Å². The number of carbonyl (C=O) groups excluding carboxylic acids is 3. The van der Waals surface area contributed by atoms with Crippen molar-refractivity contribution >= 4 is 17.9 Å². The highest BCUT2D eigenvalue weighted by molar-refractivity contribution is 5.78. The maximum Gasteiger partial charge on any atom is 0.409 e. The summed E-state index contributed by atoms with van der Waals surface area (Å²) in [6.45, 7) is 8.83. The predicted octanol–water partition coefficient (Wildman–Crippen LogP) is 0.936. The van der Waals surface area contributed by atoms with Gasteiger partial charge in [0.25, 0.3) is 0 Å². The second-order valence-electron chi connectivity index (χ2n) is 5.32. The molecule has 0 spiro atoms. The van der Waals surface area contributed by atoms with Crippen molar-refractivity contribution in [3.8, 4) is 0 Å². The summed E-state index contributed by atoms with van der Waals surface area (Å²) in [5.41, 5.74) is 0. The summed E-state index contributed by atoms with van der Waals surface area (Å²) in [6, 6.07) is 0. The standard InChI is InChI=1S/C15H27N3O4/c1-4-7-16(13(3)19)8-6-14(20)17-9-11-18(12-10-17)15(21)22-5-2/h4-12H2,1-3H3. The summed E-state index contributed by atoms with van der Waals surface area (Å²) in [7, 11) is 0. The number of nitrogens with zero attached hydrogens (tertiary/aromatic N) is 3. The molecule has 126 valence electrons. The Balaban J connectivity index is 2.36. The SMILES string of the molecule is CCCN(CCC(=O)N1CCN(C(=O)OCC)CC1)C(C)=O. The molecule has 1 saturated heterocycles.